The predicted molar refractivity (Wildman–Crippen MR) is 130 cm³/mol. The Kier molecular flexibility index (Phi) is 5.87. The standard InChI is InChI=1S/C25H25ClFN5O2/c1-13(2)32-21-10-17(9-19(26)23(21)34-14(3)24(32)33)22-20(27)12-29-25(31-22)30-18-5-4-16-11-28-7-6-15(16)8-18/h4-5,8-10,12-14,28H,6-7,11H2,1-3H3,(H,29,30,31). The number of anilines is 3. The molecule has 2 N–H and O–H groups in total. The minimum atomic E-state index is -0.655. The van der Waals surface area contributed by atoms with E-state index in [1.54, 1.807) is 24.0 Å². The quantitative estimate of drug-likeness (QED) is 0.554. The molecule has 0 fully saturated rings. The van der Waals surface area contributed by atoms with E-state index in [1.807, 2.05) is 19.9 Å². The fraction of sp³-hybridized carbons (Fsp3) is 0.320. The summed E-state index contributed by atoms with van der Waals surface area (Å²) < 4.78 is 20.6. The lowest BCUT2D eigenvalue weighted by atomic mass is 10.0. The van der Waals surface area contributed by atoms with Crippen LogP contribution in [0, 0.1) is 5.82 Å². The summed E-state index contributed by atoms with van der Waals surface area (Å²) >= 11 is 6.52. The van der Waals surface area contributed by atoms with Crippen molar-refractivity contribution in [2.24, 2.45) is 0 Å². The van der Waals surface area contributed by atoms with E-state index in [-0.39, 0.29) is 28.6 Å². The van der Waals surface area contributed by atoms with Gasteiger partial charge in [0.05, 0.1) is 16.9 Å². The van der Waals surface area contributed by atoms with E-state index in [4.69, 9.17) is 16.3 Å². The van der Waals surface area contributed by atoms with E-state index in [1.165, 1.54) is 11.1 Å². The zero-order chi connectivity index (χ0) is 24.0. The number of amides is 1. The smallest absolute Gasteiger partial charge is 0.268 e. The number of fused-ring (bicyclic) bond motifs is 2. The van der Waals surface area contributed by atoms with Crippen molar-refractivity contribution in [1.82, 2.24) is 15.3 Å². The molecule has 34 heavy (non-hydrogen) atoms. The van der Waals surface area contributed by atoms with Crippen LogP contribution in [-0.4, -0.2) is 34.6 Å². The number of halogens is 2. The van der Waals surface area contributed by atoms with Crippen LogP contribution in [0.25, 0.3) is 11.3 Å². The zero-order valence-electron chi connectivity index (χ0n) is 19.2. The van der Waals surface area contributed by atoms with Gasteiger partial charge in [0, 0.05) is 23.8 Å². The summed E-state index contributed by atoms with van der Waals surface area (Å²) in [6.07, 6.45) is 1.42. The number of nitrogens with one attached hydrogen (secondary N) is 2. The van der Waals surface area contributed by atoms with Gasteiger partial charge in [0.2, 0.25) is 5.95 Å². The lowest BCUT2D eigenvalue weighted by Gasteiger charge is -2.36. The number of hydrogen-bond acceptors (Lipinski definition) is 6. The third kappa shape index (κ3) is 4.08. The molecule has 1 atom stereocenters. The maximum atomic E-state index is 14.9. The van der Waals surface area contributed by atoms with Crippen LogP contribution in [0.5, 0.6) is 5.75 Å². The zero-order valence-corrected chi connectivity index (χ0v) is 19.9. The summed E-state index contributed by atoms with van der Waals surface area (Å²) in [6, 6.07) is 9.25. The molecule has 1 unspecified atom stereocenters. The minimum Gasteiger partial charge on any atom is -0.477 e. The summed E-state index contributed by atoms with van der Waals surface area (Å²) in [5, 5.41) is 6.81. The van der Waals surface area contributed by atoms with Crippen LogP contribution in [-0.2, 0) is 17.8 Å². The molecule has 0 saturated heterocycles. The van der Waals surface area contributed by atoms with Gasteiger partial charge in [-0.1, -0.05) is 17.7 Å². The molecule has 5 rings (SSSR count). The fourth-order valence-electron chi connectivity index (χ4n) is 4.40. The van der Waals surface area contributed by atoms with Crippen LogP contribution in [0.2, 0.25) is 5.02 Å². The van der Waals surface area contributed by atoms with Gasteiger partial charge in [0.1, 0.15) is 5.69 Å². The normalized spacial score (nSPS) is 17.3. The van der Waals surface area contributed by atoms with E-state index in [0.29, 0.717) is 17.0 Å². The van der Waals surface area contributed by atoms with E-state index >= 15 is 0 Å². The second kappa shape index (κ2) is 8.85. The molecule has 7 nitrogen and oxygen atoms in total. The van der Waals surface area contributed by atoms with Crippen molar-refractivity contribution in [3.05, 3.63) is 58.5 Å². The van der Waals surface area contributed by atoms with Crippen molar-refractivity contribution in [2.45, 2.75) is 45.9 Å². The maximum Gasteiger partial charge on any atom is 0.268 e. The van der Waals surface area contributed by atoms with E-state index in [9.17, 15) is 9.18 Å². The Bertz CT molecular complexity index is 1280. The second-order valence-electron chi connectivity index (χ2n) is 8.79. The highest BCUT2D eigenvalue weighted by atomic mass is 35.5. The van der Waals surface area contributed by atoms with Gasteiger partial charge in [0.15, 0.2) is 17.7 Å². The number of carbonyl (C=O) groups is 1. The van der Waals surface area contributed by atoms with Crippen molar-refractivity contribution in [3.63, 3.8) is 0 Å². The maximum absolute atomic E-state index is 14.9. The van der Waals surface area contributed by atoms with Gasteiger partial charge >= 0.3 is 0 Å². The number of ether oxygens (including phenoxy) is 1. The minimum absolute atomic E-state index is 0.0825. The molecular formula is C25H25ClFN5O2. The van der Waals surface area contributed by atoms with Gasteiger partial charge in [-0.05, 0) is 69.1 Å². The first kappa shape index (κ1) is 22.6. The molecule has 0 radical (unpaired) electrons. The van der Waals surface area contributed by atoms with Gasteiger partial charge in [-0.15, -0.1) is 0 Å². The molecule has 0 bridgehead atoms. The molecule has 2 aromatic carbocycles. The van der Waals surface area contributed by atoms with Gasteiger partial charge in [-0.2, -0.15) is 0 Å². The van der Waals surface area contributed by atoms with Crippen molar-refractivity contribution in [3.8, 4) is 17.0 Å². The molecular weight excluding hydrogens is 457 g/mol. The SMILES string of the molecule is CC1Oc2c(Cl)cc(-c3nc(Nc4ccc5c(c4)CCNC5)ncc3F)cc2N(C(C)C)C1=O. The summed E-state index contributed by atoms with van der Waals surface area (Å²) in [7, 11) is 0. The molecule has 0 saturated carbocycles. The molecule has 3 heterocycles. The molecule has 1 aromatic heterocycles. The first-order chi connectivity index (χ1) is 16.3. The van der Waals surface area contributed by atoms with Crippen LogP contribution in [0.3, 0.4) is 0 Å². The molecule has 2 aliphatic rings. The Morgan fingerprint density at radius 1 is 1.26 bits per heavy atom. The van der Waals surface area contributed by atoms with Crippen molar-refractivity contribution < 1.29 is 13.9 Å². The number of benzene rings is 2. The molecule has 0 spiro atoms. The van der Waals surface area contributed by atoms with Gasteiger partial charge in [-0.3, -0.25) is 4.79 Å². The van der Waals surface area contributed by atoms with Gasteiger partial charge in [-0.25, -0.2) is 14.4 Å². The molecule has 176 valence electrons. The number of hydrogen-bond donors (Lipinski definition) is 2. The van der Waals surface area contributed by atoms with Crippen molar-refractivity contribution >= 4 is 34.8 Å². The van der Waals surface area contributed by atoms with Crippen molar-refractivity contribution in [1.29, 1.82) is 0 Å². The van der Waals surface area contributed by atoms with Crippen LogP contribution in [0.15, 0.2) is 36.5 Å². The molecule has 1 amide bonds. The van der Waals surface area contributed by atoms with Crippen LogP contribution in [0.1, 0.15) is 31.9 Å². The van der Waals surface area contributed by atoms with E-state index in [0.717, 1.165) is 31.4 Å². The Morgan fingerprint density at radius 2 is 2.09 bits per heavy atom. The summed E-state index contributed by atoms with van der Waals surface area (Å²) in [5.41, 5.74) is 4.37. The monoisotopic (exact) mass is 481 g/mol. The number of rotatable bonds is 4. The Balaban J connectivity index is 1.52. The lowest BCUT2D eigenvalue weighted by molar-refractivity contribution is -0.125. The molecule has 9 heteroatoms. The van der Waals surface area contributed by atoms with Crippen LogP contribution < -0.4 is 20.3 Å². The summed E-state index contributed by atoms with van der Waals surface area (Å²) in [6.45, 7) is 7.28. The average molecular weight is 482 g/mol. The van der Waals surface area contributed by atoms with E-state index < -0.39 is 11.9 Å². The third-order valence-corrected chi connectivity index (χ3v) is 6.33. The van der Waals surface area contributed by atoms with Gasteiger partial charge in [0.25, 0.3) is 5.91 Å². The molecule has 0 aliphatic carbocycles. The lowest BCUT2D eigenvalue weighted by Crippen LogP contribution is -2.48. The number of aromatic nitrogens is 2. The largest absolute Gasteiger partial charge is 0.477 e. The van der Waals surface area contributed by atoms with Crippen LogP contribution >= 0.6 is 11.6 Å². The third-order valence-electron chi connectivity index (χ3n) is 6.05. The predicted octanol–water partition coefficient (Wildman–Crippen LogP) is 4.85. The van der Waals surface area contributed by atoms with E-state index in [2.05, 4.69) is 32.7 Å². The number of carbonyl (C=O) groups excluding carboxylic acids is 1. The summed E-state index contributed by atoms with van der Waals surface area (Å²) in [4.78, 5) is 22.9. The van der Waals surface area contributed by atoms with Crippen LogP contribution in [0.4, 0.5) is 21.7 Å². The molecule has 3 aromatic rings. The van der Waals surface area contributed by atoms with Gasteiger partial charge < -0.3 is 20.3 Å². The molecule has 2 aliphatic heterocycles. The topological polar surface area (TPSA) is 79.4 Å². The highest BCUT2D eigenvalue weighted by Gasteiger charge is 2.35. The Labute approximate surface area is 202 Å². The fourth-order valence-corrected chi connectivity index (χ4v) is 4.66. The van der Waals surface area contributed by atoms with Crippen molar-refractivity contribution in [2.75, 3.05) is 16.8 Å². The Hall–Kier alpha value is -3.23. The Morgan fingerprint density at radius 3 is 2.88 bits per heavy atom. The highest BCUT2D eigenvalue weighted by Crippen LogP contribution is 2.44. The first-order valence-electron chi connectivity index (χ1n) is 11.3. The average Bonchev–Trinajstić information content (AvgIpc) is 2.81. The first-order valence-corrected chi connectivity index (χ1v) is 11.7. The second-order valence-corrected chi connectivity index (χ2v) is 9.20. The summed E-state index contributed by atoms with van der Waals surface area (Å²) in [5.74, 6) is -0.0992. The highest BCUT2D eigenvalue weighted by molar-refractivity contribution is 6.33. The number of nitrogens with zero attached hydrogens (tertiary/aromatic N) is 3.